The molecule has 1 saturated heterocycles. The molecule has 2 aromatic heterocycles. The van der Waals surface area contributed by atoms with Gasteiger partial charge in [0.2, 0.25) is 5.95 Å². The van der Waals surface area contributed by atoms with Crippen molar-refractivity contribution < 1.29 is 0 Å². The van der Waals surface area contributed by atoms with Crippen LogP contribution in [0.25, 0.3) is 0 Å². The predicted octanol–water partition coefficient (Wildman–Crippen LogP) is 2.13. The lowest BCUT2D eigenvalue weighted by Gasteiger charge is -2.32. The number of anilines is 1. The predicted molar refractivity (Wildman–Crippen MR) is 74.2 cm³/mol. The van der Waals surface area contributed by atoms with Crippen LogP contribution >= 0.6 is 0 Å². The second-order valence-electron chi connectivity index (χ2n) is 5.14. The number of rotatable bonds is 2. The summed E-state index contributed by atoms with van der Waals surface area (Å²) in [6, 6.07) is 4.51. The van der Waals surface area contributed by atoms with Crippen LogP contribution in [0.2, 0.25) is 0 Å². The van der Waals surface area contributed by atoms with Crippen molar-refractivity contribution in [3.05, 3.63) is 35.9 Å². The fraction of sp³-hybridized carbons (Fsp3) is 0.500. The third-order valence-corrected chi connectivity index (χ3v) is 3.69. The molecule has 5 heteroatoms. The third-order valence-electron chi connectivity index (χ3n) is 3.69. The van der Waals surface area contributed by atoms with E-state index in [2.05, 4.69) is 44.6 Å². The van der Waals surface area contributed by atoms with E-state index in [4.69, 9.17) is 0 Å². The van der Waals surface area contributed by atoms with E-state index in [1.807, 2.05) is 6.07 Å². The summed E-state index contributed by atoms with van der Waals surface area (Å²) in [4.78, 5) is 10.9. The van der Waals surface area contributed by atoms with Gasteiger partial charge in [-0.15, -0.1) is 0 Å². The normalized spacial score (nSPS) is 16.8. The Morgan fingerprint density at radius 1 is 1.11 bits per heavy atom. The van der Waals surface area contributed by atoms with E-state index in [-0.39, 0.29) is 0 Å². The number of piperidine rings is 1. The number of aromatic nitrogens is 4. The van der Waals surface area contributed by atoms with Crippen LogP contribution in [-0.2, 0) is 0 Å². The molecule has 0 amide bonds. The zero-order valence-corrected chi connectivity index (χ0v) is 11.5. The molecule has 2 aromatic rings. The minimum Gasteiger partial charge on any atom is -0.341 e. The van der Waals surface area contributed by atoms with Crippen LogP contribution in [0.5, 0.6) is 0 Å². The molecule has 0 radical (unpaired) electrons. The minimum atomic E-state index is 0.508. The number of hydrogen-bond acceptors (Lipinski definition) is 4. The van der Waals surface area contributed by atoms with Gasteiger partial charge in [-0.2, -0.15) is 5.10 Å². The zero-order valence-electron chi connectivity index (χ0n) is 11.5. The standard InChI is InChI=1S/C14H19N5/c1-11-10-12(2)19(17-11)13-4-8-18(9-5-13)14-15-6-3-7-16-14/h3,6-7,10,13H,4-5,8-9H2,1-2H3. The fourth-order valence-electron chi connectivity index (χ4n) is 2.78. The highest BCUT2D eigenvalue weighted by Gasteiger charge is 2.23. The maximum atomic E-state index is 4.60. The molecule has 1 aliphatic heterocycles. The van der Waals surface area contributed by atoms with Gasteiger partial charge in [-0.1, -0.05) is 0 Å². The fourth-order valence-corrected chi connectivity index (χ4v) is 2.78. The number of nitrogens with zero attached hydrogens (tertiary/aromatic N) is 5. The van der Waals surface area contributed by atoms with Crippen LogP contribution in [0.4, 0.5) is 5.95 Å². The Kier molecular flexibility index (Phi) is 3.19. The minimum absolute atomic E-state index is 0.508. The Labute approximate surface area is 113 Å². The number of aryl methyl sites for hydroxylation is 2. The van der Waals surface area contributed by atoms with Gasteiger partial charge in [0.25, 0.3) is 0 Å². The molecular formula is C14H19N5. The quantitative estimate of drug-likeness (QED) is 0.827. The van der Waals surface area contributed by atoms with E-state index in [1.165, 1.54) is 5.69 Å². The van der Waals surface area contributed by atoms with Gasteiger partial charge < -0.3 is 4.90 Å². The third kappa shape index (κ3) is 2.45. The topological polar surface area (TPSA) is 46.8 Å². The second kappa shape index (κ2) is 4.99. The van der Waals surface area contributed by atoms with Crippen molar-refractivity contribution in [1.29, 1.82) is 0 Å². The molecule has 5 nitrogen and oxygen atoms in total. The van der Waals surface area contributed by atoms with Crippen molar-refractivity contribution in [2.75, 3.05) is 18.0 Å². The van der Waals surface area contributed by atoms with Crippen molar-refractivity contribution in [3.8, 4) is 0 Å². The van der Waals surface area contributed by atoms with E-state index in [0.717, 1.165) is 37.6 Å². The summed E-state index contributed by atoms with van der Waals surface area (Å²) in [5, 5.41) is 4.60. The lowest BCUT2D eigenvalue weighted by molar-refractivity contribution is 0.358. The summed E-state index contributed by atoms with van der Waals surface area (Å²) in [5.74, 6) is 0.842. The Morgan fingerprint density at radius 2 is 1.79 bits per heavy atom. The average molecular weight is 257 g/mol. The molecule has 0 unspecified atom stereocenters. The molecule has 100 valence electrons. The highest BCUT2D eigenvalue weighted by Crippen LogP contribution is 2.25. The van der Waals surface area contributed by atoms with E-state index in [9.17, 15) is 0 Å². The number of hydrogen-bond donors (Lipinski definition) is 0. The van der Waals surface area contributed by atoms with Gasteiger partial charge >= 0.3 is 0 Å². The first-order chi connectivity index (χ1) is 9.24. The molecule has 0 atom stereocenters. The van der Waals surface area contributed by atoms with Gasteiger partial charge in [0.1, 0.15) is 0 Å². The van der Waals surface area contributed by atoms with Crippen LogP contribution in [0.3, 0.4) is 0 Å². The Morgan fingerprint density at radius 3 is 2.37 bits per heavy atom. The molecule has 0 aliphatic carbocycles. The molecule has 0 bridgehead atoms. The smallest absolute Gasteiger partial charge is 0.225 e. The second-order valence-corrected chi connectivity index (χ2v) is 5.14. The monoisotopic (exact) mass is 257 g/mol. The summed E-state index contributed by atoms with van der Waals surface area (Å²) >= 11 is 0. The van der Waals surface area contributed by atoms with Gasteiger partial charge in [0, 0.05) is 31.2 Å². The first kappa shape index (κ1) is 12.1. The van der Waals surface area contributed by atoms with Crippen molar-refractivity contribution >= 4 is 5.95 Å². The van der Waals surface area contributed by atoms with Gasteiger partial charge in [0.05, 0.1) is 11.7 Å². The van der Waals surface area contributed by atoms with Gasteiger partial charge in [0.15, 0.2) is 0 Å². The SMILES string of the molecule is Cc1cc(C)n(C2CCN(c3ncccn3)CC2)n1. The van der Waals surface area contributed by atoms with Crippen LogP contribution in [0.1, 0.15) is 30.3 Å². The van der Waals surface area contributed by atoms with Crippen LogP contribution in [0, 0.1) is 13.8 Å². The van der Waals surface area contributed by atoms with E-state index >= 15 is 0 Å². The van der Waals surface area contributed by atoms with E-state index < -0.39 is 0 Å². The molecule has 0 saturated carbocycles. The first-order valence-electron chi connectivity index (χ1n) is 6.79. The lowest BCUT2D eigenvalue weighted by Crippen LogP contribution is -2.36. The Bertz CT molecular complexity index is 540. The summed E-state index contributed by atoms with van der Waals surface area (Å²) in [6.07, 6.45) is 5.80. The zero-order chi connectivity index (χ0) is 13.2. The molecule has 3 heterocycles. The van der Waals surface area contributed by atoms with Crippen molar-refractivity contribution in [2.24, 2.45) is 0 Å². The Hall–Kier alpha value is -1.91. The largest absolute Gasteiger partial charge is 0.341 e. The van der Waals surface area contributed by atoms with Crippen molar-refractivity contribution in [1.82, 2.24) is 19.7 Å². The molecule has 0 aromatic carbocycles. The summed E-state index contributed by atoms with van der Waals surface area (Å²) < 4.78 is 2.18. The van der Waals surface area contributed by atoms with Crippen molar-refractivity contribution in [3.63, 3.8) is 0 Å². The molecular weight excluding hydrogens is 238 g/mol. The maximum Gasteiger partial charge on any atom is 0.225 e. The van der Waals surface area contributed by atoms with Crippen LogP contribution in [-0.4, -0.2) is 32.8 Å². The Balaban J connectivity index is 1.68. The molecule has 19 heavy (non-hydrogen) atoms. The van der Waals surface area contributed by atoms with Crippen molar-refractivity contribution in [2.45, 2.75) is 32.7 Å². The van der Waals surface area contributed by atoms with Crippen LogP contribution < -0.4 is 4.90 Å². The highest BCUT2D eigenvalue weighted by molar-refractivity contribution is 5.29. The van der Waals surface area contributed by atoms with Gasteiger partial charge in [-0.05, 0) is 38.8 Å². The molecule has 3 rings (SSSR count). The van der Waals surface area contributed by atoms with Crippen LogP contribution in [0.15, 0.2) is 24.5 Å². The average Bonchev–Trinajstić information content (AvgIpc) is 2.79. The highest BCUT2D eigenvalue weighted by atomic mass is 15.3. The molecule has 1 aliphatic rings. The molecule has 0 spiro atoms. The van der Waals surface area contributed by atoms with Gasteiger partial charge in [-0.3, -0.25) is 4.68 Å². The lowest BCUT2D eigenvalue weighted by atomic mass is 10.1. The first-order valence-corrected chi connectivity index (χ1v) is 6.79. The summed E-state index contributed by atoms with van der Waals surface area (Å²) in [5.41, 5.74) is 2.36. The van der Waals surface area contributed by atoms with E-state index in [1.54, 1.807) is 12.4 Å². The van der Waals surface area contributed by atoms with Gasteiger partial charge in [-0.25, -0.2) is 9.97 Å². The summed E-state index contributed by atoms with van der Waals surface area (Å²) in [6.45, 7) is 6.17. The molecule has 1 fully saturated rings. The van der Waals surface area contributed by atoms with E-state index in [0.29, 0.717) is 6.04 Å². The maximum absolute atomic E-state index is 4.60. The molecule has 0 N–H and O–H groups in total. The summed E-state index contributed by atoms with van der Waals surface area (Å²) in [7, 11) is 0.